The van der Waals surface area contributed by atoms with E-state index < -0.39 is 0 Å². The van der Waals surface area contributed by atoms with E-state index in [1.807, 2.05) is 17.5 Å². The Morgan fingerprint density at radius 3 is 3.19 bits per heavy atom. The molecule has 3 rings (SSSR count). The minimum absolute atomic E-state index is 0.136. The first-order chi connectivity index (χ1) is 7.78. The van der Waals surface area contributed by atoms with Crippen LogP contribution in [0.3, 0.4) is 0 Å². The maximum atomic E-state index is 5.36. The zero-order chi connectivity index (χ0) is 11.0. The summed E-state index contributed by atoms with van der Waals surface area (Å²) in [6.07, 6.45) is 2.21. The maximum absolute atomic E-state index is 5.36. The van der Waals surface area contributed by atoms with Gasteiger partial charge in [-0.15, -0.1) is 11.3 Å². The quantitative estimate of drug-likeness (QED) is 0.868. The average molecular weight is 235 g/mol. The van der Waals surface area contributed by atoms with E-state index >= 15 is 0 Å². The Morgan fingerprint density at radius 1 is 1.56 bits per heavy atom. The van der Waals surface area contributed by atoms with Crippen LogP contribution >= 0.6 is 11.3 Å². The van der Waals surface area contributed by atoms with Gasteiger partial charge in [0.2, 0.25) is 11.7 Å². The highest BCUT2D eigenvalue weighted by Crippen LogP contribution is 2.31. The van der Waals surface area contributed by atoms with Crippen LogP contribution in [0.4, 0.5) is 0 Å². The SMILES string of the molecule is CC1(c2nc(-c3cccs3)no2)CCCN1. The molecule has 1 aliphatic heterocycles. The van der Waals surface area contributed by atoms with Crippen molar-refractivity contribution < 1.29 is 4.52 Å². The molecule has 0 amide bonds. The van der Waals surface area contributed by atoms with Crippen LogP contribution in [0.25, 0.3) is 10.7 Å². The van der Waals surface area contributed by atoms with Crippen LogP contribution in [0, 0.1) is 0 Å². The van der Waals surface area contributed by atoms with Gasteiger partial charge in [0.15, 0.2) is 0 Å². The molecule has 4 nitrogen and oxygen atoms in total. The molecule has 1 unspecified atom stereocenters. The van der Waals surface area contributed by atoms with Gasteiger partial charge in [-0.1, -0.05) is 11.2 Å². The minimum Gasteiger partial charge on any atom is -0.337 e. The van der Waals surface area contributed by atoms with Crippen LogP contribution in [0.5, 0.6) is 0 Å². The molecule has 0 bridgehead atoms. The van der Waals surface area contributed by atoms with Crippen LogP contribution in [0.2, 0.25) is 0 Å². The third-order valence-electron chi connectivity index (χ3n) is 3.01. The lowest BCUT2D eigenvalue weighted by atomic mass is 10.0. The first kappa shape index (κ1) is 9.99. The standard InChI is InChI=1S/C11H13N3OS/c1-11(5-3-6-12-11)10-13-9(14-15-10)8-4-2-7-16-8/h2,4,7,12H,3,5-6H2,1H3. The highest BCUT2D eigenvalue weighted by Gasteiger charge is 2.35. The number of nitrogens with one attached hydrogen (secondary N) is 1. The summed E-state index contributed by atoms with van der Waals surface area (Å²) in [6.45, 7) is 3.14. The van der Waals surface area contributed by atoms with Crippen LogP contribution < -0.4 is 5.32 Å². The van der Waals surface area contributed by atoms with Crippen molar-refractivity contribution in [2.45, 2.75) is 25.3 Å². The third-order valence-corrected chi connectivity index (χ3v) is 3.87. The average Bonchev–Trinajstić information content (AvgIpc) is 2.98. The van der Waals surface area contributed by atoms with Gasteiger partial charge in [0, 0.05) is 0 Å². The molecule has 0 saturated carbocycles. The minimum atomic E-state index is -0.136. The topological polar surface area (TPSA) is 51.0 Å². The van der Waals surface area contributed by atoms with Crippen molar-refractivity contribution in [3.05, 3.63) is 23.4 Å². The predicted octanol–water partition coefficient (Wildman–Crippen LogP) is 2.40. The summed E-state index contributed by atoms with van der Waals surface area (Å²) in [4.78, 5) is 5.53. The molecule has 0 spiro atoms. The zero-order valence-electron chi connectivity index (χ0n) is 9.06. The molecule has 2 aromatic heterocycles. The summed E-state index contributed by atoms with van der Waals surface area (Å²) < 4.78 is 5.36. The van der Waals surface area contributed by atoms with Crippen molar-refractivity contribution in [3.8, 4) is 10.7 Å². The van der Waals surface area contributed by atoms with Gasteiger partial charge in [-0.3, -0.25) is 0 Å². The van der Waals surface area contributed by atoms with E-state index in [-0.39, 0.29) is 5.54 Å². The highest BCUT2D eigenvalue weighted by atomic mass is 32.1. The second-order valence-corrected chi connectivity index (χ2v) is 5.21. The van der Waals surface area contributed by atoms with E-state index in [2.05, 4.69) is 22.4 Å². The Hall–Kier alpha value is -1.20. The predicted molar refractivity (Wildman–Crippen MR) is 62.2 cm³/mol. The molecule has 0 aromatic carbocycles. The first-order valence-corrected chi connectivity index (χ1v) is 6.29. The Balaban J connectivity index is 1.93. The van der Waals surface area contributed by atoms with E-state index in [1.54, 1.807) is 11.3 Å². The largest absolute Gasteiger partial charge is 0.337 e. The Bertz CT molecular complexity index is 471. The fourth-order valence-electron chi connectivity index (χ4n) is 2.03. The lowest BCUT2D eigenvalue weighted by molar-refractivity contribution is 0.275. The number of aromatic nitrogens is 2. The molecule has 1 saturated heterocycles. The van der Waals surface area contributed by atoms with Crippen molar-refractivity contribution in [1.82, 2.24) is 15.5 Å². The van der Waals surface area contributed by atoms with Gasteiger partial charge in [0.1, 0.15) is 0 Å². The molecule has 16 heavy (non-hydrogen) atoms. The molecule has 1 atom stereocenters. The molecule has 0 aliphatic carbocycles. The first-order valence-electron chi connectivity index (χ1n) is 5.41. The zero-order valence-corrected chi connectivity index (χ0v) is 9.88. The van der Waals surface area contributed by atoms with E-state index in [0.29, 0.717) is 11.7 Å². The van der Waals surface area contributed by atoms with E-state index in [4.69, 9.17) is 4.52 Å². The number of hydrogen-bond acceptors (Lipinski definition) is 5. The fraction of sp³-hybridized carbons (Fsp3) is 0.455. The summed E-state index contributed by atoms with van der Waals surface area (Å²) in [5.41, 5.74) is -0.136. The smallest absolute Gasteiger partial charge is 0.247 e. The summed E-state index contributed by atoms with van der Waals surface area (Å²) >= 11 is 1.63. The normalized spacial score (nSPS) is 25.1. The second kappa shape index (κ2) is 3.68. The number of hydrogen-bond donors (Lipinski definition) is 1. The highest BCUT2D eigenvalue weighted by molar-refractivity contribution is 7.13. The maximum Gasteiger partial charge on any atom is 0.247 e. The van der Waals surface area contributed by atoms with Gasteiger partial charge < -0.3 is 9.84 Å². The van der Waals surface area contributed by atoms with Crippen LogP contribution in [-0.2, 0) is 5.54 Å². The number of nitrogens with zero attached hydrogens (tertiary/aromatic N) is 2. The molecule has 3 heterocycles. The second-order valence-electron chi connectivity index (χ2n) is 4.26. The number of rotatable bonds is 2. The van der Waals surface area contributed by atoms with Gasteiger partial charge in [0.05, 0.1) is 10.4 Å². The molecule has 0 radical (unpaired) electrons. The fourth-order valence-corrected chi connectivity index (χ4v) is 2.68. The molecular weight excluding hydrogens is 222 g/mol. The van der Waals surface area contributed by atoms with E-state index in [9.17, 15) is 0 Å². The lowest BCUT2D eigenvalue weighted by Gasteiger charge is -2.18. The van der Waals surface area contributed by atoms with Gasteiger partial charge in [-0.25, -0.2) is 0 Å². The summed E-state index contributed by atoms with van der Waals surface area (Å²) in [5, 5.41) is 9.46. The molecular formula is C11H13N3OS. The van der Waals surface area contributed by atoms with E-state index in [0.717, 1.165) is 24.3 Å². The van der Waals surface area contributed by atoms with Crippen molar-refractivity contribution in [2.75, 3.05) is 6.54 Å². The molecule has 1 fully saturated rings. The van der Waals surface area contributed by atoms with Crippen molar-refractivity contribution in [3.63, 3.8) is 0 Å². The molecule has 1 aliphatic rings. The van der Waals surface area contributed by atoms with Crippen molar-refractivity contribution in [1.29, 1.82) is 0 Å². The van der Waals surface area contributed by atoms with Gasteiger partial charge >= 0.3 is 0 Å². The molecule has 1 N–H and O–H groups in total. The monoisotopic (exact) mass is 235 g/mol. The van der Waals surface area contributed by atoms with Gasteiger partial charge in [-0.05, 0) is 37.8 Å². The van der Waals surface area contributed by atoms with E-state index in [1.165, 1.54) is 0 Å². The lowest BCUT2D eigenvalue weighted by Crippen LogP contribution is -2.33. The van der Waals surface area contributed by atoms with Crippen LogP contribution in [0.15, 0.2) is 22.0 Å². The van der Waals surface area contributed by atoms with Crippen molar-refractivity contribution >= 4 is 11.3 Å². The number of thiophene rings is 1. The van der Waals surface area contributed by atoms with Crippen molar-refractivity contribution in [2.24, 2.45) is 0 Å². The molecule has 84 valence electrons. The third kappa shape index (κ3) is 1.56. The van der Waals surface area contributed by atoms with Crippen LogP contribution in [-0.4, -0.2) is 16.7 Å². The molecule has 5 heteroatoms. The molecule has 2 aromatic rings. The Labute approximate surface area is 97.7 Å². The van der Waals surface area contributed by atoms with Gasteiger partial charge in [-0.2, -0.15) is 4.98 Å². The Kier molecular flexibility index (Phi) is 2.29. The summed E-state index contributed by atoms with van der Waals surface area (Å²) in [6, 6.07) is 4.00. The summed E-state index contributed by atoms with van der Waals surface area (Å²) in [7, 11) is 0. The van der Waals surface area contributed by atoms with Gasteiger partial charge in [0.25, 0.3) is 0 Å². The summed E-state index contributed by atoms with van der Waals surface area (Å²) in [5.74, 6) is 1.40. The van der Waals surface area contributed by atoms with Crippen LogP contribution in [0.1, 0.15) is 25.7 Å². The Morgan fingerprint density at radius 2 is 2.50 bits per heavy atom.